The Morgan fingerprint density at radius 2 is 2.00 bits per heavy atom. The first-order valence-corrected chi connectivity index (χ1v) is 8.62. The average Bonchev–Trinajstić information content (AvgIpc) is 3.14. The van der Waals surface area contributed by atoms with E-state index in [0.717, 1.165) is 18.5 Å². The van der Waals surface area contributed by atoms with Crippen LogP contribution in [0.1, 0.15) is 39.2 Å². The van der Waals surface area contributed by atoms with Crippen molar-refractivity contribution in [1.82, 2.24) is 0 Å². The van der Waals surface area contributed by atoms with Crippen molar-refractivity contribution in [2.24, 2.45) is 17.8 Å². The molecule has 23 heavy (non-hydrogen) atoms. The Morgan fingerprint density at radius 1 is 1.26 bits per heavy atom. The number of hydrogen-bond acceptors (Lipinski definition) is 1. The van der Waals surface area contributed by atoms with Gasteiger partial charge in [0.15, 0.2) is 0 Å². The van der Waals surface area contributed by atoms with Crippen molar-refractivity contribution in [1.29, 1.82) is 0 Å². The van der Waals surface area contributed by atoms with E-state index in [1.165, 1.54) is 5.56 Å². The van der Waals surface area contributed by atoms with Gasteiger partial charge in [0, 0.05) is 18.2 Å². The van der Waals surface area contributed by atoms with Gasteiger partial charge in [-0.3, -0.25) is 4.79 Å². The van der Waals surface area contributed by atoms with Crippen molar-refractivity contribution >= 4 is 11.6 Å². The number of para-hydroxylation sites is 1. The highest BCUT2D eigenvalue weighted by atomic mass is 16.2. The molecule has 2 nitrogen and oxygen atoms in total. The summed E-state index contributed by atoms with van der Waals surface area (Å²) in [4.78, 5) is 15.2. The van der Waals surface area contributed by atoms with Gasteiger partial charge in [-0.1, -0.05) is 57.2 Å². The fourth-order valence-electron chi connectivity index (χ4n) is 4.04. The molecule has 2 aliphatic rings. The lowest BCUT2D eigenvalue weighted by Crippen LogP contribution is -2.39. The number of anilines is 1. The van der Waals surface area contributed by atoms with E-state index in [0.29, 0.717) is 18.4 Å². The SMILES string of the molecule is C=CCN(C(=O)[C@@H]1C[C@@H]2C=C[C@H]1C2)c1ccccc1C(C)(C)C. The van der Waals surface area contributed by atoms with Crippen LogP contribution in [0.4, 0.5) is 5.69 Å². The van der Waals surface area contributed by atoms with Gasteiger partial charge in [-0.25, -0.2) is 0 Å². The molecule has 0 spiro atoms. The van der Waals surface area contributed by atoms with E-state index in [9.17, 15) is 4.79 Å². The van der Waals surface area contributed by atoms with Gasteiger partial charge in [0.1, 0.15) is 0 Å². The Morgan fingerprint density at radius 3 is 2.57 bits per heavy atom. The Hall–Kier alpha value is -1.83. The third kappa shape index (κ3) is 2.99. The summed E-state index contributed by atoms with van der Waals surface area (Å²) in [5.74, 6) is 1.44. The predicted molar refractivity (Wildman–Crippen MR) is 96.5 cm³/mol. The summed E-state index contributed by atoms with van der Waals surface area (Å²) >= 11 is 0. The highest BCUT2D eigenvalue weighted by Crippen LogP contribution is 2.45. The largest absolute Gasteiger partial charge is 0.308 e. The summed E-state index contributed by atoms with van der Waals surface area (Å²) in [5, 5.41) is 0. The van der Waals surface area contributed by atoms with Gasteiger partial charge < -0.3 is 4.90 Å². The van der Waals surface area contributed by atoms with Crippen molar-refractivity contribution in [3.05, 3.63) is 54.6 Å². The number of carbonyl (C=O) groups is 1. The maximum atomic E-state index is 13.2. The van der Waals surface area contributed by atoms with Gasteiger partial charge in [-0.15, -0.1) is 6.58 Å². The highest BCUT2D eigenvalue weighted by Gasteiger charge is 2.42. The van der Waals surface area contributed by atoms with Gasteiger partial charge in [-0.2, -0.15) is 0 Å². The summed E-state index contributed by atoms with van der Waals surface area (Å²) in [5.41, 5.74) is 2.26. The van der Waals surface area contributed by atoms with Gasteiger partial charge >= 0.3 is 0 Å². The number of hydrogen-bond donors (Lipinski definition) is 0. The second-order valence-corrected chi connectivity index (χ2v) is 7.89. The molecule has 3 rings (SSSR count). The molecule has 1 saturated carbocycles. The van der Waals surface area contributed by atoms with Crippen molar-refractivity contribution in [3.8, 4) is 0 Å². The molecule has 0 heterocycles. The average molecular weight is 309 g/mol. The topological polar surface area (TPSA) is 20.3 Å². The molecular formula is C21H27NO. The fourth-order valence-corrected chi connectivity index (χ4v) is 4.04. The van der Waals surface area contributed by atoms with Crippen LogP contribution in [0.15, 0.2) is 49.1 Å². The molecule has 2 aliphatic carbocycles. The summed E-state index contributed by atoms with van der Waals surface area (Å²) in [7, 11) is 0. The highest BCUT2D eigenvalue weighted by molar-refractivity contribution is 5.97. The quantitative estimate of drug-likeness (QED) is 0.737. The number of carbonyl (C=O) groups excluding carboxylic acids is 1. The van der Waals surface area contributed by atoms with Crippen LogP contribution in [0.2, 0.25) is 0 Å². The summed E-state index contributed by atoms with van der Waals surface area (Å²) < 4.78 is 0. The van der Waals surface area contributed by atoms with E-state index in [2.05, 4.69) is 57.7 Å². The van der Waals surface area contributed by atoms with Crippen LogP contribution in [0, 0.1) is 17.8 Å². The minimum Gasteiger partial charge on any atom is -0.308 e. The van der Waals surface area contributed by atoms with E-state index in [1.54, 1.807) is 0 Å². The molecular weight excluding hydrogens is 282 g/mol. The van der Waals surface area contributed by atoms with Crippen LogP contribution in [-0.2, 0) is 10.2 Å². The van der Waals surface area contributed by atoms with Crippen molar-refractivity contribution in [2.45, 2.75) is 39.0 Å². The van der Waals surface area contributed by atoms with Gasteiger partial charge in [-0.05, 0) is 41.7 Å². The fraction of sp³-hybridized carbons (Fsp3) is 0.476. The Bertz CT molecular complexity index is 637. The van der Waals surface area contributed by atoms with Crippen molar-refractivity contribution < 1.29 is 4.79 Å². The maximum absolute atomic E-state index is 13.2. The molecule has 0 aliphatic heterocycles. The number of fused-ring (bicyclic) bond motifs is 2. The van der Waals surface area contributed by atoms with Crippen LogP contribution in [0.3, 0.4) is 0 Å². The van der Waals surface area contributed by atoms with Crippen LogP contribution < -0.4 is 4.90 Å². The zero-order valence-corrected chi connectivity index (χ0v) is 14.5. The second kappa shape index (κ2) is 5.99. The summed E-state index contributed by atoms with van der Waals surface area (Å²) in [6, 6.07) is 8.29. The van der Waals surface area contributed by atoms with E-state index in [1.807, 2.05) is 17.0 Å². The molecule has 1 fully saturated rings. The minimum absolute atomic E-state index is 0.00484. The van der Waals surface area contributed by atoms with Crippen LogP contribution in [0.25, 0.3) is 0 Å². The van der Waals surface area contributed by atoms with E-state index < -0.39 is 0 Å². The van der Waals surface area contributed by atoms with Crippen LogP contribution in [-0.4, -0.2) is 12.5 Å². The standard InChI is InChI=1S/C21H27NO/c1-5-12-22(19-9-7-6-8-18(19)21(2,3)4)20(23)17-14-15-10-11-16(17)13-15/h5-11,15-17H,1,12-14H2,2-4H3/t15-,16+,17-/m1/s1. The number of rotatable bonds is 4. The normalized spacial score (nSPS) is 25.6. The maximum Gasteiger partial charge on any atom is 0.231 e. The molecule has 3 atom stereocenters. The Labute approximate surface area is 139 Å². The number of benzene rings is 1. The van der Waals surface area contributed by atoms with E-state index >= 15 is 0 Å². The molecule has 122 valence electrons. The molecule has 0 unspecified atom stereocenters. The first-order valence-electron chi connectivity index (χ1n) is 8.62. The molecule has 2 heteroatoms. The number of nitrogens with zero attached hydrogens (tertiary/aromatic N) is 1. The molecule has 0 aromatic heterocycles. The molecule has 1 amide bonds. The lowest BCUT2D eigenvalue weighted by atomic mass is 9.85. The first kappa shape index (κ1) is 16.0. The Balaban J connectivity index is 1.95. The van der Waals surface area contributed by atoms with Crippen LogP contribution >= 0.6 is 0 Å². The van der Waals surface area contributed by atoms with E-state index in [4.69, 9.17) is 0 Å². The zero-order valence-electron chi connectivity index (χ0n) is 14.5. The third-order valence-electron chi connectivity index (χ3n) is 5.18. The molecule has 2 bridgehead atoms. The number of amides is 1. The van der Waals surface area contributed by atoms with Gasteiger partial charge in [0.25, 0.3) is 0 Å². The predicted octanol–water partition coefficient (Wildman–Crippen LogP) is 4.72. The van der Waals surface area contributed by atoms with Crippen LogP contribution in [0.5, 0.6) is 0 Å². The van der Waals surface area contributed by atoms with Gasteiger partial charge in [0.05, 0.1) is 0 Å². The molecule has 1 aromatic rings. The zero-order chi connectivity index (χ0) is 16.6. The molecule has 1 aromatic carbocycles. The lowest BCUT2D eigenvalue weighted by Gasteiger charge is -2.32. The second-order valence-electron chi connectivity index (χ2n) is 7.89. The molecule has 0 radical (unpaired) electrons. The van der Waals surface area contributed by atoms with Crippen molar-refractivity contribution in [3.63, 3.8) is 0 Å². The Kier molecular flexibility index (Phi) is 4.18. The summed E-state index contributed by atoms with van der Waals surface area (Å²) in [6.45, 7) is 11.0. The number of allylic oxidation sites excluding steroid dienone is 2. The van der Waals surface area contributed by atoms with Gasteiger partial charge in [0.2, 0.25) is 5.91 Å². The minimum atomic E-state index is 0.00484. The lowest BCUT2D eigenvalue weighted by molar-refractivity contribution is -0.123. The first-order chi connectivity index (χ1) is 10.9. The smallest absolute Gasteiger partial charge is 0.231 e. The summed E-state index contributed by atoms with van der Waals surface area (Å²) in [6.07, 6.45) is 8.53. The van der Waals surface area contributed by atoms with E-state index in [-0.39, 0.29) is 17.2 Å². The third-order valence-corrected chi connectivity index (χ3v) is 5.18. The monoisotopic (exact) mass is 309 g/mol. The molecule has 0 saturated heterocycles. The molecule has 0 N–H and O–H groups in total. The van der Waals surface area contributed by atoms with Crippen molar-refractivity contribution in [2.75, 3.05) is 11.4 Å².